The Hall–Kier alpha value is -3.10. The molecule has 1 aromatic heterocycles. The summed E-state index contributed by atoms with van der Waals surface area (Å²) in [5.41, 5.74) is 0.600. The summed E-state index contributed by atoms with van der Waals surface area (Å²) in [5.74, 6) is 0.590. The molecule has 2 heterocycles. The number of methoxy groups -OCH3 is 2. The predicted molar refractivity (Wildman–Crippen MR) is 95.8 cm³/mol. The second-order valence-corrected chi connectivity index (χ2v) is 6.01. The second kappa shape index (κ2) is 8.52. The van der Waals surface area contributed by atoms with Gasteiger partial charge < -0.3 is 24.4 Å². The number of carbonyl (C=O) groups is 1. The quantitative estimate of drug-likeness (QED) is 0.864. The summed E-state index contributed by atoms with van der Waals surface area (Å²) in [6.07, 6.45) is 3.39. The Bertz CT molecular complexity index is 787. The molecular formula is C18H21FN4O4. The van der Waals surface area contributed by atoms with Gasteiger partial charge >= 0.3 is 12.0 Å². The van der Waals surface area contributed by atoms with Gasteiger partial charge in [-0.15, -0.1) is 0 Å². The summed E-state index contributed by atoms with van der Waals surface area (Å²) in [7, 11) is 3.09. The van der Waals surface area contributed by atoms with E-state index in [0.29, 0.717) is 30.3 Å². The van der Waals surface area contributed by atoms with E-state index in [-0.39, 0.29) is 18.1 Å². The van der Waals surface area contributed by atoms with Crippen molar-refractivity contribution in [3.05, 3.63) is 36.4 Å². The highest BCUT2D eigenvalue weighted by molar-refractivity contribution is 5.89. The number of hydrogen-bond donors (Lipinski definition) is 1. The molecule has 0 bridgehead atoms. The number of rotatable bonds is 5. The van der Waals surface area contributed by atoms with Gasteiger partial charge in [0.15, 0.2) is 17.3 Å². The molecule has 144 valence electrons. The van der Waals surface area contributed by atoms with Crippen molar-refractivity contribution in [1.29, 1.82) is 0 Å². The first kappa shape index (κ1) is 18.7. The molecule has 0 aliphatic carbocycles. The van der Waals surface area contributed by atoms with Gasteiger partial charge in [0, 0.05) is 18.3 Å². The molecule has 0 radical (unpaired) electrons. The molecule has 0 saturated carbocycles. The van der Waals surface area contributed by atoms with Crippen LogP contribution in [0.5, 0.6) is 17.5 Å². The predicted octanol–water partition coefficient (Wildman–Crippen LogP) is 2.71. The molecule has 1 aliphatic heterocycles. The lowest BCUT2D eigenvalue weighted by molar-refractivity contribution is 0.0981. The van der Waals surface area contributed by atoms with Crippen LogP contribution >= 0.6 is 0 Å². The number of nitrogens with one attached hydrogen (secondary N) is 1. The molecule has 9 heteroatoms. The molecule has 0 spiro atoms. The first-order valence-electron chi connectivity index (χ1n) is 8.51. The van der Waals surface area contributed by atoms with Crippen LogP contribution in [0.3, 0.4) is 0 Å². The van der Waals surface area contributed by atoms with Crippen molar-refractivity contribution >= 4 is 11.7 Å². The van der Waals surface area contributed by atoms with E-state index in [0.717, 1.165) is 25.2 Å². The van der Waals surface area contributed by atoms with Gasteiger partial charge in [-0.1, -0.05) is 0 Å². The first-order chi connectivity index (χ1) is 13.1. The van der Waals surface area contributed by atoms with Gasteiger partial charge in [-0.25, -0.2) is 19.2 Å². The van der Waals surface area contributed by atoms with E-state index in [2.05, 4.69) is 15.3 Å². The minimum absolute atomic E-state index is 0.101. The number of piperidine rings is 1. The highest BCUT2D eigenvalue weighted by atomic mass is 19.1. The van der Waals surface area contributed by atoms with Crippen molar-refractivity contribution in [3.63, 3.8) is 0 Å². The van der Waals surface area contributed by atoms with Gasteiger partial charge in [0.05, 0.1) is 33.2 Å². The van der Waals surface area contributed by atoms with Crippen molar-refractivity contribution in [2.75, 3.05) is 32.6 Å². The normalized spacial score (nSPS) is 16.6. The molecule has 1 saturated heterocycles. The number of ether oxygens (including phenoxy) is 3. The number of anilines is 1. The largest absolute Gasteiger partial charge is 0.493 e. The fourth-order valence-corrected chi connectivity index (χ4v) is 2.85. The maximum absolute atomic E-state index is 12.9. The molecule has 8 nitrogen and oxygen atoms in total. The Morgan fingerprint density at radius 3 is 2.67 bits per heavy atom. The molecule has 2 aromatic rings. The van der Waals surface area contributed by atoms with Crippen molar-refractivity contribution in [2.45, 2.75) is 18.9 Å². The van der Waals surface area contributed by atoms with Gasteiger partial charge in [0.2, 0.25) is 0 Å². The first-order valence-corrected chi connectivity index (χ1v) is 8.51. The zero-order chi connectivity index (χ0) is 19.2. The van der Waals surface area contributed by atoms with Crippen LogP contribution in [-0.4, -0.2) is 54.3 Å². The van der Waals surface area contributed by atoms with E-state index in [1.54, 1.807) is 30.2 Å². The lowest BCUT2D eigenvalue weighted by atomic mass is 10.1. The number of nitrogens with zero attached hydrogens (tertiary/aromatic N) is 3. The van der Waals surface area contributed by atoms with Crippen molar-refractivity contribution in [1.82, 2.24) is 14.9 Å². The Kier molecular flexibility index (Phi) is 5.90. The second-order valence-electron chi connectivity index (χ2n) is 6.01. The molecular weight excluding hydrogens is 355 g/mol. The molecule has 1 unspecified atom stereocenters. The zero-order valence-electron chi connectivity index (χ0n) is 15.1. The number of halogens is 1. The summed E-state index contributed by atoms with van der Waals surface area (Å²) in [6, 6.07) is 5.02. The van der Waals surface area contributed by atoms with Crippen molar-refractivity contribution in [2.24, 2.45) is 0 Å². The highest BCUT2D eigenvalue weighted by Crippen LogP contribution is 2.30. The van der Waals surface area contributed by atoms with Crippen LogP contribution in [0, 0.1) is 5.82 Å². The summed E-state index contributed by atoms with van der Waals surface area (Å²) in [6.45, 7) is 1.00. The summed E-state index contributed by atoms with van der Waals surface area (Å²) < 4.78 is 29.0. The van der Waals surface area contributed by atoms with E-state index in [1.165, 1.54) is 7.11 Å². The van der Waals surface area contributed by atoms with Crippen LogP contribution in [0.25, 0.3) is 0 Å². The summed E-state index contributed by atoms with van der Waals surface area (Å²) in [5, 5.41) is 2.84. The highest BCUT2D eigenvalue weighted by Gasteiger charge is 2.25. The molecule has 1 fully saturated rings. The lowest BCUT2D eigenvalue weighted by Gasteiger charge is -2.32. The number of urea groups is 1. The monoisotopic (exact) mass is 376 g/mol. The molecule has 1 aromatic carbocycles. The van der Waals surface area contributed by atoms with Crippen LogP contribution in [0.1, 0.15) is 12.8 Å². The Morgan fingerprint density at radius 1 is 1.22 bits per heavy atom. The topological polar surface area (TPSA) is 85.8 Å². The number of hydrogen-bond acceptors (Lipinski definition) is 6. The van der Waals surface area contributed by atoms with E-state index < -0.39 is 5.82 Å². The molecule has 1 aliphatic rings. The third-order valence-corrected chi connectivity index (χ3v) is 4.17. The van der Waals surface area contributed by atoms with Gasteiger partial charge in [-0.05, 0) is 25.0 Å². The Balaban J connectivity index is 1.60. The molecule has 27 heavy (non-hydrogen) atoms. The van der Waals surface area contributed by atoms with Crippen LogP contribution in [0.4, 0.5) is 14.9 Å². The molecule has 1 atom stereocenters. The van der Waals surface area contributed by atoms with Crippen LogP contribution in [0.2, 0.25) is 0 Å². The van der Waals surface area contributed by atoms with Crippen LogP contribution in [0.15, 0.2) is 30.6 Å². The van der Waals surface area contributed by atoms with Crippen LogP contribution in [-0.2, 0) is 0 Å². The average molecular weight is 376 g/mol. The maximum Gasteiger partial charge on any atom is 0.321 e. The minimum Gasteiger partial charge on any atom is -0.493 e. The minimum atomic E-state index is -0.526. The van der Waals surface area contributed by atoms with Crippen LogP contribution < -0.4 is 19.5 Å². The third kappa shape index (κ3) is 4.75. The van der Waals surface area contributed by atoms with E-state index in [9.17, 15) is 9.18 Å². The molecule has 2 amide bonds. The van der Waals surface area contributed by atoms with E-state index in [4.69, 9.17) is 14.2 Å². The number of carbonyl (C=O) groups excluding carboxylic acids is 1. The summed E-state index contributed by atoms with van der Waals surface area (Å²) >= 11 is 0. The molecule has 3 rings (SSSR count). The van der Waals surface area contributed by atoms with E-state index >= 15 is 0 Å². The van der Waals surface area contributed by atoms with Gasteiger partial charge in [-0.3, -0.25) is 0 Å². The van der Waals surface area contributed by atoms with Gasteiger partial charge in [0.25, 0.3) is 0 Å². The number of likely N-dealkylation sites (tertiary alicyclic amines) is 1. The van der Waals surface area contributed by atoms with Crippen molar-refractivity contribution < 1.29 is 23.4 Å². The zero-order valence-corrected chi connectivity index (χ0v) is 15.1. The number of amides is 2. The lowest BCUT2D eigenvalue weighted by Crippen LogP contribution is -2.46. The van der Waals surface area contributed by atoms with Crippen molar-refractivity contribution in [3.8, 4) is 17.5 Å². The smallest absolute Gasteiger partial charge is 0.321 e. The third-order valence-electron chi connectivity index (χ3n) is 4.17. The average Bonchev–Trinajstić information content (AvgIpc) is 2.70. The van der Waals surface area contributed by atoms with E-state index in [1.807, 2.05) is 0 Å². The Labute approximate surface area is 156 Å². The van der Waals surface area contributed by atoms with Gasteiger partial charge in [0.1, 0.15) is 6.10 Å². The standard InChI is InChI=1S/C18H21FN4O4/c1-25-15-6-5-13(8-16(15)26-2)22-18(24)23-7-3-4-14(11-23)27-17-20-9-12(19)10-21-17/h5-6,8-10,14H,3-4,7,11H2,1-2H3,(H,22,24). The Morgan fingerprint density at radius 2 is 1.96 bits per heavy atom. The van der Waals surface area contributed by atoms with Gasteiger partial charge in [-0.2, -0.15) is 0 Å². The maximum atomic E-state index is 12.9. The fraction of sp³-hybridized carbons (Fsp3) is 0.389. The summed E-state index contributed by atoms with van der Waals surface area (Å²) in [4.78, 5) is 21.8. The number of aromatic nitrogens is 2. The fourth-order valence-electron chi connectivity index (χ4n) is 2.85. The SMILES string of the molecule is COc1ccc(NC(=O)N2CCCC(Oc3ncc(F)cn3)C2)cc1OC. The molecule has 1 N–H and O–H groups in total. The number of benzene rings is 1.